The molecule has 4 heteroatoms. The highest BCUT2D eigenvalue weighted by molar-refractivity contribution is 6.00. The van der Waals surface area contributed by atoms with Crippen molar-refractivity contribution < 1.29 is 0 Å². The normalized spacial score (nSPS) is 18.3. The zero-order valence-electron chi connectivity index (χ0n) is 13.2. The Kier molecular flexibility index (Phi) is 3.67. The summed E-state index contributed by atoms with van der Waals surface area (Å²) >= 11 is 0. The third kappa shape index (κ3) is 2.55. The lowest BCUT2D eigenvalue weighted by atomic mass is 10.0. The molecular formula is C19H20N4. The van der Waals surface area contributed by atoms with Gasteiger partial charge in [0.15, 0.2) is 5.82 Å². The van der Waals surface area contributed by atoms with E-state index >= 15 is 0 Å². The van der Waals surface area contributed by atoms with E-state index in [0.29, 0.717) is 6.04 Å². The van der Waals surface area contributed by atoms with Crippen molar-refractivity contribution in [1.29, 1.82) is 0 Å². The van der Waals surface area contributed by atoms with E-state index in [0.717, 1.165) is 42.1 Å². The van der Waals surface area contributed by atoms with Crippen molar-refractivity contribution in [3.8, 4) is 11.3 Å². The Labute approximate surface area is 136 Å². The maximum Gasteiger partial charge on any atom is 0.159 e. The van der Waals surface area contributed by atoms with Gasteiger partial charge in [0.1, 0.15) is 5.69 Å². The first-order valence-electron chi connectivity index (χ1n) is 8.13. The van der Waals surface area contributed by atoms with E-state index in [1.807, 2.05) is 18.2 Å². The van der Waals surface area contributed by atoms with Gasteiger partial charge in [-0.05, 0) is 6.92 Å². The largest absolute Gasteiger partial charge is 0.349 e. The molecule has 0 radical (unpaired) electrons. The van der Waals surface area contributed by atoms with Gasteiger partial charge in [0.25, 0.3) is 0 Å². The molecule has 0 aliphatic carbocycles. The van der Waals surface area contributed by atoms with Crippen molar-refractivity contribution in [1.82, 2.24) is 15.5 Å². The molecule has 0 amide bonds. The predicted molar refractivity (Wildman–Crippen MR) is 94.7 cm³/mol. The fraction of sp³-hybridized carbons (Fsp3) is 0.263. The number of anilines is 1. The van der Waals surface area contributed by atoms with E-state index in [9.17, 15) is 0 Å². The van der Waals surface area contributed by atoms with Crippen LogP contribution in [0.4, 0.5) is 5.82 Å². The topological polar surface area (TPSA) is 41.0 Å². The summed E-state index contributed by atoms with van der Waals surface area (Å²) in [5.74, 6) is 0.995. The number of fused-ring (bicyclic) bond motifs is 1. The first-order chi connectivity index (χ1) is 11.3. The Hall–Kier alpha value is -2.46. The van der Waals surface area contributed by atoms with Crippen LogP contribution in [0.3, 0.4) is 0 Å². The Morgan fingerprint density at radius 3 is 2.48 bits per heavy atom. The van der Waals surface area contributed by atoms with Gasteiger partial charge in [0.05, 0.1) is 0 Å². The number of aromatic nitrogens is 2. The monoisotopic (exact) mass is 304 g/mol. The quantitative estimate of drug-likeness (QED) is 0.790. The number of hydrogen-bond acceptors (Lipinski definition) is 4. The molecule has 1 fully saturated rings. The van der Waals surface area contributed by atoms with E-state index in [4.69, 9.17) is 0 Å². The summed E-state index contributed by atoms with van der Waals surface area (Å²) in [5.41, 5.74) is 2.06. The first-order valence-corrected chi connectivity index (χ1v) is 8.13. The van der Waals surface area contributed by atoms with Gasteiger partial charge >= 0.3 is 0 Å². The summed E-state index contributed by atoms with van der Waals surface area (Å²) in [6.07, 6.45) is 0. The van der Waals surface area contributed by atoms with Crippen LogP contribution in [0, 0.1) is 0 Å². The molecule has 4 nitrogen and oxygen atoms in total. The number of benzene rings is 2. The number of nitrogens with one attached hydrogen (secondary N) is 1. The summed E-state index contributed by atoms with van der Waals surface area (Å²) in [7, 11) is 0. The van der Waals surface area contributed by atoms with Gasteiger partial charge in [-0.3, -0.25) is 0 Å². The van der Waals surface area contributed by atoms with E-state index < -0.39 is 0 Å². The lowest BCUT2D eigenvalue weighted by Gasteiger charge is -2.35. The fourth-order valence-corrected chi connectivity index (χ4v) is 3.27. The zero-order chi connectivity index (χ0) is 15.6. The molecule has 116 valence electrons. The molecule has 0 spiro atoms. The number of nitrogens with zero attached hydrogens (tertiary/aromatic N) is 3. The molecule has 3 aromatic rings. The molecule has 1 saturated heterocycles. The van der Waals surface area contributed by atoms with Crippen molar-refractivity contribution in [3.05, 3.63) is 54.6 Å². The standard InChI is InChI=1S/C19H20N4/c1-14-13-20-11-12-23(14)19-17-10-6-5-9-16(17)18(21-22-19)15-7-3-2-4-8-15/h2-10,14,20H,11-13H2,1H3. The van der Waals surface area contributed by atoms with Crippen LogP contribution in [0.25, 0.3) is 22.0 Å². The van der Waals surface area contributed by atoms with Crippen molar-refractivity contribution in [2.45, 2.75) is 13.0 Å². The maximum atomic E-state index is 4.61. The summed E-state index contributed by atoms with van der Waals surface area (Å²) in [5, 5.41) is 14.9. The molecule has 1 aliphatic heterocycles. The van der Waals surface area contributed by atoms with Crippen LogP contribution < -0.4 is 10.2 Å². The zero-order valence-corrected chi connectivity index (χ0v) is 13.2. The van der Waals surface area contributed by atoms with Gasteiger partial charge in [-0.1, -0.05) is 54.6 Å². The highest BCUT2D eigenvalue weighted by atomic mass is 15.3. The predicted octanol–water partition coefficient (Wildman–Crippen LogP) is 3.09. The average Bonchev–Trinajstić information content (AvgIpc) is 2.62. The smallest absolute Gasteiger partial charge is 0.159 e. The van der Waals surface area contributed by atoms with Crippen LogP contribution in [0.15, 0.2) is 54.6 Å². The summed E-state index contributed by atoms with van der Waals surface area (Å²) in [6.45, 7) is 5.16. The SMILES string of the molecule is CC1CNCCN1c1nnc(-c2ccccc2)c2ccccc12. The van der Waals surface area contributed by atoms with Crippen LogP contribution >= 0.6 is 0 Å². The number of piperazine rings is 1. The van der Waals surface area contributed by atoms with Gasteiger partial charge in [-0.15, -0.1) is 10.2 Å². The Morgan fingerprint density at radius 2 is 1.70 bits per heavy atom. The molecule has 23 heavy (non-hydrogen) atoms. The van der Waals surface area contributed by atoms with Crippen molar-refractivity contribution in [2.24, 2.45) is 0 Å². The molecule has 0 bridgehead atoms. The summed E-state index contributed by atoms with van der Waals surface area (Å²) < 4.78 is 0. The maximum absolute atomic E-state index is 4.61. The molecule has 1 aromatic heterocycles. The second kappa shape index (κ2) is 5.97. The molecular weight excluding hydrogens is 284 g/mol. The Balaban J connectivity index is 1.89. The second-order valence-corrected chi connectivity index (χ2v) is 6.03. The van der Waals surface area contributed by atoms with Gasteiger partial charge < -0.3 is 10.2 Å². The summed E-state index contributed by atoms with van der Waals surface area (Å²) in [6, 6.07) is 19.1. The lowest BCUT2D eigenvalue weighted by molar-refractivity contribution is 0.497. The first kappa shape index (κ1) is 14.2. The van der Waals surface area contributed by atoms with E-state index in [1.165, 1.54) is 5.39 Å². The van der Waals surface area contributed by atoms with Crippen LogP contribution in [0.5, 0.6) is 0 Å². The molecule has 2 heterocycles. The second-order valence-electron chi connectivity index (χ2n) is 6.03. The van der Waals surface area contributed by atoms with Gasteiger partial charge in [0, 0.05) is 42.0 Å². The lowest BCUT2D eigenvalue weighted by Crippen LogP contribution is -2.50. The third-order valence-corrected chi connectivity index (χ3v) is 4.49. The third-order valence-electron chi connectivity index (χ3n) is 4.49. The molecule has 4 rings (SSSR count). The van der Waals surface area contributed by atoms with Crippen LogP contribution in [-0.4, -0.2) is 35.9 Å². The highest BCUT2D eigenvalue weighted by Crippen LogP contribution is 2.32. The van der Waals surface area contributed by atoms with Crippen LogP contribution in [0.2, 0.25) is 0 Å². The van der Waals surface area contributed by atoms with Gasteiger partial charge in [-0.2, -0.15) is 0 Å². The van der Waals surface area contributed by atoms with Gasteiger partial charge in [0.2, 0.25) is 0 Å². The van der Waals surface area contributed by atoms with Crippen LogP contribution in [-0.2, 0) is 0 Å². The Morgan fingerprint density at radius 1 is 0.957 bits per heavy atom. The Bertz CT molecular complexity index is 816. The van der Waals surface area contributed by atoms with E-state index in [2.05, 4.69) is 63.7 Å². The van der Waals surface area contributed by atoms with Gasteiger partial charge in [-0.25, -0.2) is 0 Å². The fourth-order valence-electron chi connectivity index (χ4n) is 3.27. The number of rotatable bonds is 2. The minimum absolute atomic E-state index is 0.420. The molecule has 1 unspecified atom stereocenters. The van der Waals surface area contributed by atoms with Crippen molar-refractivity contribution >= 4 is 16.6 Å². The van der Waals surface area contributed by atoms with E-state index in [1.54, 1.807) is 0 Å². The van der Waals surface area contributed by atoms with Crippen LogP contribution in [0.1, 0.15) is 6.92 Å². The highest BCUT2D eigenvalue weighted by Gasteiger charge is 2.22. The molecule has 1 N–H and O–H groups in total. The molecule has 2 aromatic carbocycles. The molecule has 1 atom stereocenters. The molecule has 0 saturated carbocycles. The van der Waals surface area contributed by atoms with E-state index in [-0.39, 0.29) is 0 Å². The minimum Gasteiger partial charge on any atom is -0.349 e. The summed E-state index contributed by atoms with van der Waals surface area (Å²) in [4.78, 5) is 2.36. The van der Waals surface area contributed by atoms with Crippen molar-refractivity contribution in [2.75, 3.05) is 24.5 Å². The average molecular weight is 304 g/mol. The molecule has 1 aliphatic rings. The van der Waals surface area contributed by atoms with Crippen molar-refractivity contribution in [3.63, 3.8) is 0 Å². The minimum atomic E-state index is 0.420. The number of hydrogen-bond donors (Lipinski definition) is 1.